The Labute approximate surface area is 192 Å². The Hall–Kier alpha value is -3.52. The summed E-state index contributed by atoms with van der Waals surface area (Å²) in [5, 5.41) is 6.74. The van der Waals surface area contributed by atoms with Crippen molar-refractivity contribution in [2.45, 2.75) is 19.4 Å². The second-order valence-corrected chi connectivity index (χ2v) is 8.38. The molecule has 2 aromatic carbocycles. The molecule has 8 heteroatoms. The maximum Gasteiger partial charge on any atom is 0.319 e. The zero-order valence-electron chi connectivity index (χ0n) is 18.8. The van der Waals surface area contributed by atoms with Crippen molar-refractivity contribution in [1.29, 1.82) is 0 Å². The molecular weight excluding hydrogens is 421 g/mol. The van der Waals surface area contributed by atoms with Gasteiger partial charge in [0, 0.05) is 55.9 Å². The number of nitrogens with one attached hydrogen (secondary N) is 2. The van der Waals surface area contributed by atoms with E-state index in [0.29, 0.717) is 18.7 Å². The van der Waals surface area contributed by atoms with Gasteiger partial charge in [0.05, 0.1) is 11.2 Å². The molecule has 172 valence electrons. The predicted molar refractivity (Wildman–Crippen MR) is 127 cm³/mol. The Morgan fingerprint density at radius 1 is 1.18 bits per heavy atom. The number of nitrogens with zero attached hydrogens (tertiary/aromatic N) is 3. The standard InChI is InChI=1S/C25H28FN5O2/c1-17-15-23(21-5-3-4-6-22(21)28-17)29-25(33)27-12-14-31-13-11-20(16-31)30(2)24(32)18-7-9-19(26)10-8-18/h3-10,15,20H,11-14,16H2,1-2H3,(H2,27,28,29,33). The van der Waals surface area contributed by atoms with Crippen molar-refractivity contribution in [2.24, 2.45) is 0 Å². The maximum atomic E-state index is 13.1. The predicted octanol–water partition coefficient (Wildman–Crippen LogP) is 3.65. The maximum absolute atomic E-state index is 13.1. The number of likely N-dealkylation sites (N-methyl/N-ethyl adjacent to an activating group) is 1. The second kappa shape index (κ2) is 9.95. The summed E-state index contributed by atoms with van der Waals surface area (Å²) in [6.07, 6.45) is 0.859. The molecule has 7 nitrogen and oxygen atoms in total. The summed E-state index contributed by atoms with van der Waals surface area (Å²) in [5.74, 6) is -0.468. The zero-order chi connectivity index (χ0) is 23.4. The van der Waals surface area contributed by atoms with Crippen LogP contribution in [0.25, 0.3) is 10.9 Å². The normalized spacial score (nSPS) is 16.0. The summed E-state index contributed by atoms with van der Waals surface area (Å²) < 4.78 is 13.1. The molecule has 1 aromatic heterocycles. The summed E-state index contributed by atoms with van der Waals surface area (Å²) in [4.78, 5) is 33.5. The number of urea groups is 1. The molecule has 1 atom stereocenters. The molecular formula is C25H28FN5O2. The molecule has 33 heavy (non-hydrogen) atoms. The number of rotatable bonds is 6. The number of likely N-dealkylation sites (tertiary alicyclic amines) is 1. The minimum Gasteiger partial charge on any atom is -0.337 e. The van der Waals surface area contributed by atoms with Crippen molar-refractivity contribution >= 4 is 28.5 Å². The van der Waals surface area contributed by atoms with E-state index in [9.17, 15) is 14.0 Å². The molecule has 0 spiro atoms. The third-order valence-electron chi connectivity index (χ3n) is 6.01. The molecule has 1 aliphatic heterocycles. The Kier molecular flexibility index (Phi) is 6.84. The summed E-state index contributed by atoms with van der Waals surface area (Å²) >= 11 is 0. The number of halogens is 1. The quantitative estimate of drug-likeness (QED) is 0.602. The van der Waals surface area contributed by atoms with Gasteiger partial charge in [0.25, 0.3) is 5.91 Å². The average molecular weight is 450 g/mol. The molecule has 3 amide bonds. The van der Waals surface area contributed by atoms with Crippen LogP contribution >= 0.6 is 0 Å². The largest absolute Gasteiger partial charge is 0.337 e. The van der Waals surface area contributed by atoms with E-state index in [1.807, 2.05) is 37.3 Å². The number of para-hydroxylation sites is 1. The lowest BCUT2D eigenvalue weighted by Crippen LogP contribution is -2.40. The van der Waals surface area contributed by atoms with Gasteiger partial charge < -0.3 is 15.5 Å². The van der Waals surface area contributed by atoms with Crippen LogP contribution in [0.4, 0.5) is 14.9 Å². The topological polar surface area (TPSA) is 77.6 Å². The van der Waals surface area contributed by atoms with E-state index >= 15 is 0 Å². The number of pyridine rings is 1. The number of amides is 3. The van der Waals surface area contributed by atoms with Crippen molar-refractivity contribution in [3.05, 3.63) is 71.7 Å². The minimum atomic E-state index is -0.356. The first-order valence-corrected chi connectivity index (χ1v) is 11.1. The molecule has 2 heterocycles. The van der Waals surface area contributed by atoms with Gasteiger partial charge in [-0.15, -0.1) is 0 Å². The lowest BCUT2D eigenvalue weighted by atomic mass is 10.1. The summed E-state index contributed by atoms with van der Waals surface area (Å²) in [5.41, 5.74) is 2.90. The fraction of sp³-hybridized carbons (Fsp3) is 0.320. The van der Waals surface area contributed by atoms with E-state index in [0.717, 1.165) is 41.8 Å². The average Bonchev–Trinajstić information content (AvgIpc) is 3.27. The lowest BCUT2D eigenvalue weighted by molar-refractivity contribution is 0.0735. The Balaban J connectivity index is 1.25. The molecule has 2 N–H and O–H groups in total. The number of aromatic nitrogens is 1. The highest BCUT2D eigenvalue weighted by molar-refractivity contribution is 6.00. The van der Waals surface area contributed by atoms with E-state index in [-0.39, 0.29) is 23.8 Å². The highest BCUT2D eigenvalue weighted by Gasteiger charge is 2.28. The highest BCUT2D eigenvalue weighted by Crippen LogP contribution is 2.22. The summed E-state index contributed by atoms with van der Waals surface area (Å²) in [6, 6.07) is 15.0. The number of hydrogen-bond donors (Lipinski definition) is 2. The Morgan fingerprint density at radius 2 is 1.94 bits per heavy atom. The first-order chi connectivity index (χ1) is 15.9. The van der Waals surface area contributed by atoms with Crippen molar-refractivity contribution in [1.82, 2.24) is 20.1 Å². The smallest absolute Gasteiger partial charge is 0.319 e. The van der Waals surface area contributed by atoms with E-state index in [1.165, 1.54) is 24.3 Å². The van der Waals surface area contributed by atoms with Gasteiger partial charge >= 0.3 is 6.03 Å². The SMILES string of the molecule is Cc1cc(NC(=O)NCCN2CCC(N(C)C(=O)c3ccc(F)cc3)C2)c2ccccc2n1. The first-order valence-electron chi connectivity index (χ1n) is 11.1. The van der Waals surface area contributed by atoms with Gasteiger partial charge in [0.2, 0.25) is 0 Å². The molecule has 0 aliphatic carbocycles. The van der Waals surface area contributed by atoms with Gasteiger partial charge in [-0.1, -0.05) is 18.2 Å². The van der Waals surface area contributed by atoms with E-state index in [4.69, 9.17) is 0 Å². The second-order valence-electron chi connectivity index (χ2n) is 8.38. The monoisotopic (exact) mass is 449 g/mol. The fourth-order valence-corrected chi connectivity index (χ4v) is 4.20. The number of aryl methyl sites for hydroxylation is 1. The molecule has 0 radical (unpaired) electrons. The Bertz CT molecular complexity index is 1150. The number of hydrogen-bond acceptors (Lipinski definition) is 4. The highest BCUT2D eigenvalue weighted by atomic mass is 19.1. The van der Waals surface area contributed by atoms with E-state index in [1.54, 1.807) is 11.9 Å². The van der Waals surface area contributed by atoms with Crippen LogP contribution in [0.2, 0.25) is 0 Å². The van der Waals surface area contributed by atoms with Gasteiger partial charge in [-0.2, -0.15) is 0 Å². The molecule has 4 rings (SSSR count). The van der Waals surface area contributed by atoms with Gasteiger partial charge in [-0.25, -0.2) is 9.18 Å². The van der Waals surface area contributed by atoms with Crippen molar-refractivity contribution in [2.75, 3.05) is 38.5 Å². The third-order valence-corrected chi connectivity index (χ3v) is 6.01. The first kappa shape index (κ1) is 22.7. The van der Waals surface area contributed by atoms with Crippen LogP contribution in [0.3, 0.4) is 0 Å². The van der Waals surface area contributed by atoms with Crippen LogP contribution in [0.15, 0.2) is 54.6 Å². The third kappa shape index (κ3) is 5.46. The van der Waals surface area contributed by atoms with E-state index < -0.39 is 0 Å². The number of fused-ring (bicyclic) bond motifs is 1. The van der Waals surface area contributed by atoms with Crippen LogP contribution in [0, 0.1) is 12.7 Å². The molecule has 0 bridgehead atoms. The zero-order valence-corrected chi connectivity index (χ0v) is 18.8. The number of benzene rings is 2. The van der Waals surface area contributed by atoms with Crippen LogP contribution < -0.4 is 10.6 Å². The lowest BCUT2D eigenvalue weighted by Gasteiger charge is -2.25. The molecule has 1 aliphatic rings. The van der Waals surface area contributed by atoms with E-state index in [2.05, 4.69) is 20.5 Å². The molecule has 1 fully saturated rings. The van der Waals surface area contributed by atoms with Gasteiger partial charge in [0.1, 0.15) is 5.82 Å². The van der Waals surface area contributed by atoms with Crippen molar-refractivity contribution < 1.29 is 14.0 Å². The van der Waals surface area contributed by atoms with Gasteiger partial charge in [-0.05, 0) is 49.7 Å². The number of carbonyl (C=O) groups is 2. The van der Waals surface area contributed by atoms with Crippen molar-refractivity contribution in [3.63, 3.8) is 0 Å². The van der Waals surface area contributed by atoms with Crippen LogP contribution in [-0.4, -0.2) is 66.0 Å². The molecule has 1 saturated heterocycles. The number of carbonyl (C=O) groups excluding carboxylic acids is 2. The Morgan fingerprint density at radius 3 is 2.73 bits per heavy atom. The van der Waals surface area contributed by atoms with Crippen LogP contribution in [-0.2, 0) is 0 Å². The van der Waals surface area contributed by atoms with Gasteiger partial charge in [-0.3, -0.25) is 14.7 Å². The van der Waals surface area contributed by atoms with Crippen LogP contribution in [0.5, 0.6) is 0 Å². The fourth-order valence-electron chi connectivity index (χ4n) is 4.20. The van der Waals surface area contributed by atoms with Gasteiger partial charge in [0.15, 0.2) is 0 Å². The summed E-state index contributed by atoms with van der Waals surface area (Å²) in [7, 11) is 1.78. The molecule has 3 aromatic rings. The number of anilines is 1. The molecule has 0 saturated carbocycles. The van der Waals surface area contributed by atoms with Crippen LogP contribution in [0.1, 0.15) is 22.5 Å². The summed E-state index contributed by atoms with van der Waals surface area (Å²) in [6.45, 7) is 4.68. The minimum absolute atomic E-state index is 0.0857. The molecule has 1 unspecified atom stereocenters. The van der Waals surface area contributed by atoms with Crippen molar-refractivity contribution in [3.8, 4) is 0 Å².